The van der Waals surface area contributed by atoms with Gasteiger partial charge in [0.25, 0.3) is 11.8 Å². The van der Waals surface area contributed by atoms with Crippen molar-refractivity contribution in [3.8, 4) is 17.1 Å². The van der Waals surface area contributed by atoms with Crippen LogP contribution in [-0.2, 0) is 16.1 Å². The third-order valence-electron chi connectivity index (χ3n) is 7.63. The minimum Gasteiger partial charge on any atom is -0.497 e. The maximum Gasteiger partial charge on any atom is 0.251 e. The highest BCUT2D eigenvalue weighted by molar-refractivity contribution is 6.01. The van der Waals surface area contributed by atoms with Crippen LogP contribution in [0.2, 0.25) is 0 Å². The number of furan rings is 1. The average Bonchev–Trinajstić information content (AvgIpc) is 3.64. The number of carbonyl (C=O) groups is 2. The summed E-state index contributed by atoms with van der Waals surface area (Å²) in [7, 11) is 1.60. The Bertz CT molecular complexity index is 1530. The van der Waals surface area contributed by atoms with Crippen LogP contribution in [-0.4, -0.2) is 44.7 Å². The Labute approximate surface area is 252 Å². The predicted octanol–water partition coefficient (Wildman–Crippen LogP) is 5.99. The van der Waals surface area contributed by atoms with Gasteiger partial charge in [0.2, 0.25) is 5.82 Å². The molecule has 0 saturated heterocycles. The summed E-state index contributed by atoms with van der Waals surface area (Å²) in [4.78, 5) is 30.8. The number of methoxy groups -OCH3 is 1. The molecule has 226 valence electrons. The molecule has 2 heterocycles. The molecule has 1 atom stereocenters. The van der Waals surface area contributed by atoms with Gasteiger partial charge in [-0.05, 0) is 106 Å². The van der Waals surface area contributed by atoms with E-state index in [9.17, 15) is 9.59 Å². The SMILES string of the molecule is COc1ccc(-c2nnn(CC(=O)N(c3ccc(C4CCCCC4)cc3)[C@H](C(=O)NC(C)(C)C)c3ccc(C)o3)n2)cc1. The maximum atomic E-state index is 14.2. The van der Waals surface area contributed by atoms with Crippen LogP contribution in [0.25, 0.3) is 11.4 Å². The molecule has 1 aliphatic carbocycles. The summed E-state index contributed by atoms with van der Waals surface area (Å²) in [5, 5.41) is 15.8. The standard InChI is InChI=1S/C33H40N6O4/c1-22-11-20-28(43-22)30(32(41)34-33(2,3)4)39(26-16-12-24(13-17-26)23-9-7-6-8-10-23)29(40)21-38-36-31(35-37-38)25-14-18-27(42-5)19-15-25/h11-20,23,30H,6-10,21H2,1-5H3,(H,34,41)/t30-/m0/s1. The van der Waals surface area contributed by atoms with Crippen LogP contribution in [0.15, 0.2) is 65.1 Å². The number of hydrogen-bond donors (Lipinski definition) is 1. The molecule has 0 unspecified atom stereocenters. The zero-order valence-electron chi connectivity index (χ0n) is 25.5. The van der Waals surface area contributed by atoms with Crippen LogP contribution >= 0.6 is 0 Å². The van der Waals surface area contributed by atoms with E-state index in [4.69, 9.17) is 9.15 Å². The van der Waals surface area contributed by atoms with Crippen molar-refractivity contribution in [1.29, 1.82) is 0 Å². The van der Waals surface area contributed by atoms with Crippen LogP contribution in [0.1, 0.15) is 81.9 Å². The lowest BCUT2D eigenvalue weighted by atomic mass is 9.84. The Kier molecular flexibility index (Phi) is 8.94. The van der Waals surface area contributed by atoms with Crippen molar-refractivity contribution in [1.82, 2.24) is 25.5 Å². The van der Waals surface area contributed by atoms with Gasteiger partial charge in [-0.1, -0.05) is 31.4 Å². The molecule has 0 spiro atoms. The number of anilines is 1. The van der Waals surface area contributed by atoms with E-state index < -0.39 is 11.6 Å². The third kappa shape index (κ3) is 7.31. The fraction of sp³-hybridized carbons (Fsp3) is 0.424. The van der Waals surface area contributed by atoms with Crippen LogP contribution in [0.4, 0.5) is 5.69 Å². The minimum atomic E-state index is -1.05. The average molecular weight is 585 g/mol. The molecular formula is C33H40N6O4. The quantitative estimate of drug-likeness (QED) is 0.257. The Hall–Kier alpha value is -4.47. The first-order valence-electron chi connectivity index (χ1n) is 14.8. The molecule has 1 fully saturated rings. The van der Waals surface area contributed by atoms with E-state index in [1.54, 1.807) is 19.2 Å². The first-order valence-corrected chi connectivity index (χ1v) is 14.8. The van der Waals surface area contributed by atoms with Crippen LogP contribution < -0.4 is 15.0 Å². The molecule has 4 aromatic rings. The van der Waals surface area contributed by atoms with Gasteiger partial charge in [-0.2, -0.15) is 4.80 Å². The van der Waals surface area contributed by atoms with E-state index in [0.29, 0.717) is 34.7 Å². The van der Waals surface area contributed by atoms with Crippen LogP contribution in [0, 0.1) is 6.92 Å². The van der Waals surface area contributed by atoms with Crippen molar-refractivity contribution < 1.29 is 18.7 Å². The van der Waals surface area contributed by atoms with E-state index in [0.717, 1.165) is 5.56 Å². The van der Waals surface area contributed by atoms with Crippen molar-refractivity contribution in [3.05, 3.63) is 77.7 Å². The largest absolute Gasteiger partial charge is 0.497 e. The predicted molar refractivity (Wildman–Crippen MR) is 164 cm³/mol. The Morgan fingerprint density at radius 1 is 1.02 bits per heavy atom. The van der Waals surface area contributed by atoms with Gasteiger partial charge < -0.3 is 14.5 Å². The molecule has 1 saturated carbocycles. The van der Waals surface area contributed by atoms with Crippen LogP contribution in [0.5, 0.6) is 5.75 Å². The molecule has 1 N–H and O–H groups in total. The molecule has 2 amide bonds. The molecular weight excluding hydrogens is 544 g/mol. The van der Waals surface area contributed by atoms with Crippen molar-refractivity contribution >= 4 is 17.5 Å². The molecule has 1 aliphatic rings. The zero-order chi connectivity index (χ0) is 30.6. The van der Waals surface area contributed by atoms with Crippen molar-refractivity contribution in [2.24, 2.45) is 0 Å². The smallest absolute Gasteiger partial charge is 0.251 e. The normalized spacial score (nSPS) is 14.7. The molecule has 0 radical (unpaired) electrons. The maximum absolute atomic E-state index is 14.2. The fourth-order valence-electron chi connectivity index (χ4n) is 5.56. The molecule has 5 rings (SSSR count). The van der Waals surface area contributed by atoms with Gasteiger partial charge in [0, 0.05) is 16.8 Å². The number of nitrogens with one attached hydrogen (secondary N) is 1. The number of tetrazole rings is 1. The molecule has 0 bridgehead atoms. The number of carbonyl (C=O) groups excluding carboxylic acids is 2. The van der Waals surface area contributed by atoms with E-state index in [2.05, 4.69) is 32.9 Å². The van der Waals surface area contributed by atoms with Crippen molar-refractivity contribution in [2.75, 3.05) is 12.0 Å². The highest BCUT2D eigenvalue weighted by Crippen LogP contribution is 2.35. The van der Waals surface area contributed by atoms with Gasteiger partial charge in [-0.25, -0.2) is 0 Å². The summed E-state index contributed by atoms with van der Waals surface area (Å²) in [6, 6.07) is 17.8. The molecule has 43 heavy (non-hydrogen) atoms. The summed E-state index contributed by atoms with van der Waals surface area (Å²) in [6.07, 6.45) is 6.07. The lowest BCUT2D eigenvalue weighted by Crippen LogP contribution is -2.50. The first-order chi connectivity index (χ1) is 20.6. The van der Waals surface area contributed by atoms with E-state index >= 15 is 0 Å². The van der Waals surface area contributed by atoms with Crippen molar-refractivity contribution in [3.63, 3.8) is 0 Å². The van der Waals surface area contributed by atoms with E-state index in [-0.39, 0.29) is 18.4 Å². The van der Waals surface area contributed by atoms with Gasteiger partial charge in [-0.15, -0.1) is 10.2 Å². The topological polar surface area (TPSA) is 115 Å². The number of rotatable bonds is 9. The number of nitrogens with zero attached hydrogens (tertiary/aromatic N) is 5. The summed E-state index contributed by atoms with van der Waals surface area (Å²) >= 11 is 0. The second-order valence-electron chi connectivity index (χ2n) is 12.2. The summed E-state index contributed by atoms with van der Waals surface area (Å²) in [5.74, 6) is 1.88. The van der Waals surface area contributed by atoms with Gasteiger partial charge >= 0.3 is 0 Å². The first kappa shape index (κ1) is 30.0. The number of aryl methyl sites for hydroxylation is 1. The van der Waals surface area contributed by atoms with Gasteiger partial charge in [0.1, 0.15) is 23.8 Å². The molecule has 2 aromatic heterocycles. The number of ether oxygens (including phenoxy) is 1. The van der Waals surface area contributed by atoms with E-state index in [1.165, 1.54) is 47.4 Å². The zero-order valence-corrected chi connectivity index (χ0v) is 25.5. The van der Waals surface area contributed by atoms with Gasteiger partial charge in [-0.3, -0.25) is 14.5 Å². The summed E-state index contributed by atoms with van der Waals surface area (Å²) in [5.41, 5.74) is 2.05. The summed E-state index contributed by atoms with van der Waals surface area (Å²) in [6.45, 7) is 7.29. The number of amides is 2. The van der Waals surface area contributed by atoms with Crippen molar-refractivity contribution in [2.45, 2.75) is 83.8 Å². The number of hydrogen-bond acceptors (Lipinski definition) is 7. The lowest BCUT2D eigenvalue weighted by molar-refractivity contribution is -0.128. The second kappa shape index (κ2) is 12.8. The van der Waals surface area contributed by atoms with Gasteiger partial charge in [0.15, 0.2) is 6.04 Å². The molecule has 2 aromatic carbocycles. The second-order valence-corrected chi connectivity index (χ2v) is 12.2. The number of benzene rings is 2. The molecule has 0 aliphatic heterocycles. The fourth-order valence-corrected chi connectivity index (χ4v) is 5.56. The third-order valence-corrected chi connectivity index (χ3v) is 7.63. The number of aromatic nitrogens is 4. The monoisotopic (exact) mass is 584 g/mol. The van der Waals surface area contributed by atoms with Crippen LogP contribution in [0.3, 0.4) is 0 Å². The molecule has 10 heteroatoms. The highest BCUT2D eigenvalue weighted by atomic mass is 16.5. The van der Waals surface area contributed by atoms with Gasteiger partial charge in [0.05, 0.1) is 7.11 Å². The lowest BCUT2D eigenvalue weighted by Gasteiger charge is -2.32. The Morgan fingerprint density at radius 2 is 1.72 bits per heavy atom. The van der Waals surface area contributed by atoms with E-state index in [1.807, 2.05) is 64.1 Å². The summed E-state index contributed by atoms with van der Waals surface area (Å²) < 4.78 is 11.2. The minimum absolute atomic E-state index is 0.230. The highest BCUT2D eigenvalue weighted by Gasteiger charge is 2.37. The molecule has 10 nitrogen and oxygen atoms in total. The Morgan fingerprint density at radius 3 is 2.33 bits per heavy atom. The Balaban J connectivity index is 1.49.